The highest BCUT2D eigenvalue weighted by Gasteiger charge is 2.43. The van der Waals surface area contributed by atoms with Gasteiger partial charge in [-0.25, -0.2) is 0 Å². The molecular formula is C10H18F3N3. The molecule has 0 heterocycles. The minimum Gasteiger partial charge on any atom is -0.388 e. The van der Waals surface area contributed by atoms with Crippen LogP contribution in [0.2, 0.25) is 0 Å². The van der Waals surface area contributed by atoms with Crippen LogP contribution in [0.1, 0.15) is 25.7 Å². The first-order valence-corrected chi connectivity index (χ1v) is 5.31. The smallest absolute Gasteiger partial charge is 0.388 e. The Hall–Kier alpha value is -0.780. The zero-order chi connectivity index (χ0) is 12.4. The SMILES string of the molecule is CN(CCC(F)(F)F)CC1(CC(=N)N)CC1. The zero-order valence-corrected chi connectivity index (χ0v) is 9.40. The first-order valence-electron chi connectivity index (χ1n) is 5.31. The maximum absolute atomic E-state index is 12.0. The zero-order valence-electron chi connectivity index (χ0n) is 9.40. The maximum Gasteiger partial charge on any atom is 0.390 e. The first kappa shape index (κ1) is 13.3. The molecule has 16 heavy (non-hydrogen) atoms. The molecule has 1 rings (SSSR count). The summed E-state index contributed by atoms with van der Waals surface area (Å²) in [5, 5.41) is 7.21. The molecule has 0 amide bonds. The van der Waals surface area contributed by atoms with Crippen LogP contribution in [0.25, 0.3) is 0 Å². The van der Waals surface area contributed by atoms with E-state index in [1.807, 2.05) is 0 Å². The van der Waals surface area contributed by atoms with Gasteiger partial charge in [0.15, 0.2) is 0 Å². The summed E-state index contributed by atoms with van der Waals surface area (Å²) in [5.74, 6) is 0.127. The van der Waals surface area contributed by atoms with Gasteiger partial charge in [0, 0.05) is 19.5 Å². The lowest BCUT2D eigenvalue weighted by atomic mass is 10.0. The van der Waals surface area contributed by atoms with Crippen molar-refractivity contribution >= 4 is 5.84 Å². The van der Waals surface area contributed by atoms with Crippen LogP contribution in [0.5, 0.6) is 0 Å². The average Bonchev–Trinajstić information content (AvgIpc) is 2.79. The van der Waals surface area contributed by atoms with E-state index in [0.29, 0.717) is 13.0 Å². The second kappa shape index (κ2) is 4.61. The lowest BCUT2D eigenvalue weighted by molar-refractivity contribution is -0.137. The van der Waals surface area contributed by atoms with Crippen LogP contribution in [-0.2, 0) is 0 Å². The fraction of sp³-hybridized carbons (Fsp3) is 0.900. The summed E-state index contributed by atoms with van der Waals surface area (Å²) < 4.78 is 36.0. The number of amidine groups is 1. The fourth-order valence-corrected chi connectivity index (χ4v) is 1.94. The van der Waals surface area contributed by atoms with Crippen LogP contribution in [0, 0.1) is 10.8 Å². The number of halogens is 3. The van der Waals surface area contributed by atoms with Crippen molar-refractivity contribution in [2.24, 2.45) is 11.1 Å². The van der Waals surface area contributed by atoms with E-state index in [-0.39, 0.29) is 17.8 Å². The molecule has 1 saturated carbocycles. The molecule has 3 nitrogen and oxygen atoms in total. The maximum atomic E-state index is 12.0. The number of rotatable bonds is 6. The van der Waals surface area contributed by atoms with Gasteiger partial charge in [-0.05, 0) is 25.3 Å². The van der Waals surface area contributed by atoms with Crippen LogP contribution in [0.4, 0.5) is 13.2 Å². The number of nitrogens with zero attached hydrogens (tertiary/aromatic N) is 1. The summed E-state index contributed by atoms with van der Waals surface area (Å²) in [5.41, 5.74) is 5.30. The molecule has 0 unspecified atom stereocenters. The molecule has 0 aromatic rings. The molecule has 1 fully saturated rings. The fourth-order valence-electron chi connectivity index (χ4n) is 1.94. The Morgan fingerprint density at radius 2 is 2.00 bits per heavy atom. The largest absolute Gasteiger partial charge is 0.390 e. The summed E-state index contributed by atoms with van der Waals surface area (Å²) >= 11 is 0. The molecule has 0 aromatic carbocycles. The van der Waals surface area contributed by atoms with Crippen LogP contribution < -0.4 is 5.73 Å². The van der Waals surface area contributed by atoms with Gasteiger partial charge in [-0.3, -0.25) is 5.41 Å². The van der Waals surface area contributed by atoms with E-state index in [0.717, 1.165) is 12.8 Å². The monoisotopic (exact) mass is 237 g/mol. The Labute approximate surface area is 93.3 Å². The molecule has 0 aromatic heterocycles. The number of nitrogens with two attached hydrogens (primary N) is 1. The molecule has 0 bridgehead atoms. The minimum absolute atomic E-state index is 0.0170. The van der Waals surface area contributed by atoms with Gasteiger partial charge in [0.1, 0.15) is 0 Å². The van der Waals surface area contributed by atoms with E-state index in [1.165, 1.54) is 0 Å². The third-order valence-electron chi connectivity index (χ3n) is 2.90. The van der Waals surface area contributed by atoms with Gasteiger partial charge < -0.3 is 10.6 Å². The van der Waals surface area contributed by atoms with Crippen molar-refractivity contribution in [3.05, 3.63) is 0 Å². The van der Waals surface area contributed by atoms with Gasteiger partial charge in [-0.2, -0.15) is 13.2 Å². The van der Waals surface area contributed by atoms with Gasteiger partial charge in [-0.15, -0.1) is 0 Å². The third kappa shape index (κ3) is 4.83. The Bertz CT molecular complexity index is 259. The Balaban J connectivity index is 2.29. The van der Waals surface area contributed by atoms with E-state index in [1.54, 1.807) is 11.9 Å². The van der Waals surface area contributed by atoms with Gasteiger partial charge >= 0.3 is 6.18 Å². The highest BCUT2D eigenvalue weighted by atomic mass is 19.4. The molecule has 0 aliphatic heterocycles. The van der Waals surface area contributed by atoms with E-state index >= 15 is 0 Å². The van der Waals surface area contributed by atoms with Crippen LogP contribution >= 0.6 is 0 Å². The summed E-state index contributed by atoms with van der Waals surface area (Å²) in [4.78, 5) is 1.68. The number of hydrogen-bond acceptors (Lipinski definition) is 2. The first-order chi connectivity index (χ1) is 7.22. The van der Waals surface area contributed by atoms with Gasteiger partial charge in [-0.1, -0.05) is 0 Å². The summed E-state index contributed by atoms with van der Waals surface area (Å²) in [6.45, 7) is 0.617. The van der Waals surface area contributed by atoms with Crippen molar-refractivity contribution < 1.29 is 13.2 Å². The number of nitrogens with one attached hydrogen (secondary N) is 1. The molecule has 0 atom stereocenters. The van der Waals surface area contributed by atoms with E-state index in [2.05, 4.69) is 0 Å². The van der Waals surface area contributed by atoms with Crippen molar-refractivity contribution in [3.63, 3.8) is 0 Å². The molecule has 1 aliphatic rings. The van der Waals surface area contributed by atoms with Crippen molar-refractivity contribution in [2.45, 2.75) is 31.9 Å². The normalized spacial score (nSPS) is 18.8. The van der Waals surface area contributed by atoms with E-state index in [9.17, 15) is 13.2 Å². The third-order valence-corrected chi connectivity index (χ3v) is 2.90. The van der Waals surface area contributed by atoms with Crippen molar-refractivity contribution in [2.75, 3.05) is 20.1 Å². The second-order valence-electron chi connectivity index (χ2n) is 4.80. The molecular weight excluding hydrogens is 219 g/mol. The molecule has 0 radical (unpaired) electrons. The van der Waals surface area contributed by atoms with Crippen LogP contribution in [0.3, 0.4) is 0 Å². The topological polar surface area (TPSA) is 53.1 Å². The van der Waals surface area contributed by atoms with Crippen molar-refractivity contribution in [3.8, 4) is 0 Å². The second-order valence-corrected chi connectivity index (χ2v) is 4.80. The van der Waals surface area contributed by atoms with Gasteiger partial charge in [0.25, 0.3) is 0 Å². The molecule has 1 aliphatic carbocycles. The number of alkyl halides is 3. The predicted molar refractivity (Wildman–Crippen MR) is 56.4 cm³/mol. The quantitative estimate of drug-likeness (QED) is 0.548. The Morgan fingerprint density at radius 1 is 1.44 bits per heavy atom. The van der Waals surface area contributed by atoms with E-state index < -0.39 is 12.6 Å². The lowest BCUT2D eigenvalue weighted by Gasteiger charge is -2.23. The molecule has 3 N–H and O–H groups in total. The van der Waals surface area contributed by atoms with Crippen molar-refractivity contribution in [1.29, 1.82) is 5.41 Å². The summed E-state index contributed by atoms with van der Waals surface area (Å²) in [6, 6.07) is 0. The Morgan fingerprint density at radius 3 is 2.38 bits per heavy atom. The van der Waals surface area contributed by atoms with E-state index in [4.69, 9.17) is 11.1 Å². The molecule has 94 valence electrons. The Kier molecular flexibility index (Phi) is 3.83. The lowest BCUT2D eigenvalue weighted by Crippen LogP contribution is -2.32. The number of hydrogen-bond donors (Lipinski definition) is 2. The van der Waals surface area contributed by atoms with Gasteiger partial charge in [0.2, 0.25) is 0 Å². The van der Waals surface area contributed by atoms with Crippen LogP contribution in [-0.4, -0.2) is 37.0 Å². The predicted octanol–water partition coefficient (Wildman–Crippen LogP) is 1.98. The van der Waals surface area contributed by atoms with Crippen molar-refractivity contribution in [1.82, 2.24) is 4.90 Å². The van der Waals surface area contributed by atoms with Crippen LogP contribution in [0.15, 0.2) is 0 Å². The average molecular weight is 237 g/mol. The standard InChI is InChI=1S/C10H18F3N3/c1-16(5-4-10(11,12)13)7-9(2-3-9)6-8(14)15/h2-7H2,1H3,(H3,14,15). The summed E-state index contributed by atoms with van der Waals surface area (Å²) in [6.07, 6.45) is -2.44. The molecule has 6 heteroatoms. The summed E-state index contributed by atoms with van der Waals surface area (Å²) in [7, 11) is 1.69. The van der Waals surface area contributed by atoms with Gasteiger partial charge in [0.05, 0.1) is 12.3 Å². The highest BCUT2D eigenvalue weighted by Crippen LogP contribution is 2.49. The molecule has 0 spiro atoms. The molecule has 0 saturated heterocycles. The minimum atomic E-state index is -4.09. The highest BCUT2D eigenvalue weighted by molar-refractivity contribution is 5.78.